The van der Waals surface area contributed by atoms with Gasteiger partial charge in [-0.2, -0.15) is 0 Å². The van der Waals surface area contributed by atoms with Crippen molar-refractivity contribution in [2.24, 2.45) is 5.92 Å². The molecule has 2 aromatic rings. The van der Waals surface area contributed by atoms with Gasteiger partial charge in [0.15, 0.2) is 0 Å². The Hall–Kier alpha value is -2.46. The summed E-state index contributed by atoms with van der Waals surface area (Å²) in [5, 5.41) is 0. The first kappa shape index (κ1) is 28.1. The van der Waals surface area contributed by atoms with Gasteiger partial charge in [-0.05, 0) is 49.4 Å². The molecule has 3 fully saturated rings. The van der Waals surface area contributed by atoms with Gasteiger partial charge in [-0.15, -0.1) is 0 Å². The molecular formula is C30H41N3O5S. The molecule has 1 amide bonds. The second-order valence-corrected chi connectivity index (χ2v) is 13.6. The molecule has 3 saturated heterocycles. The monoisotopic (exact) mass is 555 g/mol. The molecule has 0 spiro atoms. The molecule has 0 saturated carbocycles. The van der Waals surface area contributed by atoms with E-state index in [2.05, 4.69) is 24.0 Å². The predicted molar refractivity (Wildman–Crippen MR) is 150 cm³/mol. The summed E-state index contributed by atoms with van der Waals surface area (Å²) < 4.78 is 39.2. The molecule has 2 aromatic carbocycles. The Labute approximate surface area is 232 Å². The lowest BCUT2D eigenvalue weighted by molar-refractivity contribution is 0.0393. The van der Waals surface area contributed by atoms with Gasteiger partial charge in [0.25, 0.3) is 0 Å². The summed E-state index contributed by atoms with van der Waals surface area (Å²) >= 11 is 0. The highest BCUT2D eigenvalue weighted by molar-refractivity contribution is 7.89. The van der Waals surface area contributed by atoms with Crippen molar-refractivity contribution in [2.75, 3.05) is 53.0 Å². The maximum atomic E-state index is 13.3. The number of hydrogen-bond donors (Lipinski definition) is 0. The smallest absolute Gasteiger partial charge is 0.410 e. The SMILES string of the molecule is CN(CC(C)(CCN1CCC2C(CCN2C(=O)O[C@@H]2CCOC2)C1)c1ccccc1)S(=O)(=O)c1ccccc1. The Morgan fingerprint density at radius 2 is 1.77 bits per heavy atom. The number of carbonyl (C=O) groups excluding carboxylic acids is 1. The van der Waals surface area contributed by atoms with Crippen LogP contribution in [0.25, 0.3) is 0 Å². The molecule has 3 aliphatic rings. The average molecular weight is 556 g/mol. The first-order chi connectivity index (χ1) is 18.8. The zero-order chi connectivity index (χ0) is 27.5. The van der Waals surface area contributed by atoms with Crippen molar-refractivity contribution < 1.29 is 22.7 Å². The molecule has 5 rings (SSSR count). The molecule has 8 nitrogen and oxygen atoms in total. The Balaban J connectivity index is 1.22. The highest BCUT2D eigenvalue weighted by Gasteiger charge is 2.42. The third-order valence-corrected chi connectivity index (χ3v) is 10.6. The average Bonchev–Trinajstić information content (AvgIpc) is 3.62. The van der Waals surface area contributed by atoms with Crippen LogP contribution in [0.3, 0.4) is 0 Å². The number of nitrogens with zero attached hydrogens (tertiary/aromatic N) is 3. The summed E-state index contributed by atoms with van der Waals surface area (Å²) in [6, 6.07) is 19.1. The van der Waals surface area contributed by atoms with Gasteiger partial charge in [-0.3, -0.25) is 0 Å². The van der Waals surface area contributed by atoms with Gasteiger partial charge in [-0.25, -0.2) is 17.5 Å². The van der Waals surface area contributed by atoms with Crippen molar-refractivity contribution in [3.05, 3.63) is 66.2 Å². The Bertz CT molecular complexity index is 1210. The number of likely N-dealkylation sites (N-methyl/N-ethyl adjacent to an activating group) is 1. The summed E-state index contributed by atoms with van der Waals surface area (Å²) in [5.74, 6) is 0.440. The Kier molecular flexibility index (Phi) is 8.61. The van der Waals surface area contributed by atoms with Crippen LogP contribution in [0.4, 0.5) is 4.79 Å². The van der Waals surface area contributed by atoms with Gasteiger partial charge >= 0.3 is 6.09 Å². The van der Waals surface area contributed by atoms with Crippen LogP contribution in [0.2, 0.25) is 0 Å². The second-order valence-electron chi connectivity index (χ2n) is 11.5. The molecule has 39 heavy (non-hydrogen) atoms. The number of sulfonamides is 1. The van der Waals surface area contributed by atoms with Gasteiger partial charge < -0.3 is 19.3 Å². The minimum Gasteiger partial charge on any atom is -0.444 e. The predicted octanol–water partition coefficient (Wildman–Crippen LogP) is 3.98. The first-order valence-electron chi connectivity index (χ1n) is 14.1. The Morgan fingerprint density at radius 1 is 1.05 bits per heavy atom. The quantitative estimate of drug-likeness (QED) is 0.466. The second kappa shape index (κ2) is 12.0. The molecule has 0 aliphatic carbocycles. The van der Waals surface area contributed by atoms with Crippen LogP contribution in [0.5, 0.6) is 0 Å². The number of ether oxygens (including phenoxy) is 2. The summed E-state index contributed by atoms with van der Waals surface area (Å²) in [6.07, 6.45) is 3.23. The number of likely N-dealkylation sites (tertiary alicyclic amines) is 2. The van der Waals surface area contributed by atoms with Crippen molar-refractivity contribution in [3.63, 3.8) is 0 Å². The fourth-order valence-corrected chi connectivity index (χ4v) is 7.73. The third-order valence-electron chi connectivity index (χ3n) is 8.78. The van der Waals surface area contributed by atoms with Crippen LogP contribution in [-0.2, 0) is 24.9 Å². The molecular weight excluding hydrogens is 514 g/mol. The van der Waals surface area contributed by atoms with Gasteiger partial charge in [0.2, 0.25) is 10.0 Å². The van der Waals surface area contributed by atoms with Crippen molar-refractivity contribution in [1.29, 1.82) is 0 Å². The van der Waals surface area contributed by atoms with Crippen LogP contribution in [0, 0.1) is 5.92 Å². The maximum Gasteiger partial charge on any atom is 0.410 e. The number of amides is 1. The standard InChI is InChI=1S/C30H41N3O5S/c1-30(25-9-5-3-6-10-25,23-31(2)39(35,36)27-11-7-4-8-12-27)16-19-32-17-14-28-24(21-32)13-18-33(28)29(34)38-26-15-20-37-22-26/h3-12,24,26,28H,13-23H2,1-2H3/t24?,26-,28?,30?/m1/s1. The van der Waals surface area contributed by atoms with E-state index in [1.54, 1.807) is 31.3 Å². The molecule has 0 N–H and O–H groups in total. The molecule has 3 unspecified atom stereocenters. The minimum atomic E-state index is -3.60. The summed E-state index contributed by atoms with van der Waals surface area (Å²) in [4.78, 5) is 17.6. The molecule has 0 bridgehead atoms. The van der Waals surface area contributed by atoms with Crippen LogP contribution >= 0.6 is 0 Å². The van der Waals surface area contributed by atoms with Gasteiger partial charge in [0.05, 0.1) is 18.1 Å². The summed E-state index contributed by atoms with van der Waals surface area (Å²) in [5.41, 5.74) is 0.782. The van der Waals surface area contributed by atoms with E-state index in [1.807, 2.05) is 29.2 Å². The van der Waals surface area contributed by atoms with Crippen LogP contribution in [0.1, 0.15) is 38.2 Å². The van der Waals surface area contributed by atoms with Crippen molar-refractivity contribution in [3.8, 4) is 0 Å². The van der Waals surface area contributed by atoms with E-state index < -0.39 is 10.0 Å². The minimum absolute atomic E-state index is 0.115. The van der Waals surface area contributed by atoms with E-state index in [0.717, 1.165) is 57.4 Å². The molecule has 3 heterocycles. The van der Waals surface area contributed by atoms with Crippen LogP contribution in [-0.4, -0.2) is 93.7 Å². The van der Waals surface area contributed by atoms with Crippen molar-refractivity contribution >= 4 is 16.1 Å². The first-order valence-corrected chi connectivity index (χ1v) is 15.5. The molecule has 3 aliphatic heterocycles. The molecule has 4 atom stereocenters. The summed E-state index contributed by atoms with van der Waals surface area (Å²) in [6.45, 7) is 7.21. The van der Waals surface area contributed by atoms with Crippen molar-refractivity contribution in [2.45, 2.75) is 55.1 Å². The number of benzene rings is 2. The molecule has 9 heteroatoms. The largest absolute Gasteiger partial charge is 0.444 e. The van der Waals surface area contributed by atoms with E-state index in [-0.39, 0.29) is 23.7 Å². The van der Waals surface area contributed by atoms with Gasteiger partial charge in [0.1, 0.15) is 6.10 Å². The fourth-order valence-electron chi connectivity index (χ4n) is 6.41. The molecule has 212 valence electrons. The van der Waals surface area contributed by atoms with E-state index in [0.29, 0.717) is 30.6 Å². The highest BCUT2D eigenvalue weighted by atomic mass is 32.2. The number of carbonyl (C=O) groups is 1. The van der Waals surface area contributed by atoms with E-state index in [4.69, 9.17) is 9.47 Å². The van der Waals surface area contributed by atoms with E-state index in [9.17, 15) is 13.2 Å². The number of hydrogen-bond acceptors (Lipinski definition) is 6. The van der Waals surface area contributed by atoms with Crippen molar-refractivity contribution in [1.82, 2.24) is 14.1 Å². The number of fused-ring (bicyclic) bond motifs is 1. The van der Waals surface area contributed by atoms with E-state index in [1.165, 1.54) is 4.31 Å². The lowest BCUT2D eigenvalue weighted by Crippen LogP contribution is -2.49. The van der Waals surface area contributed by atoms with Crippen LogP contribution in [0.15, 0.2) is 65.6 Å². The van der Waals surface area contributed by atoms with Gasteiger partial charge in [-0.1, -0.05) is 55.5 Å². The zero-order valence-corrected chi connectivity index (χ0v) is 23.9. The summed E-state index contributed by atoms with van der Waals surface area (Å²) in [7, 11) is -1.92. The molecule has 0 aromatic heterocycles. The Morgan fingerprint density at radius 3 is 2.46 bits per heavy atom. The lowest BCUT2D eigenvalue weighted by atomic mass is 9.79. The third kappa shape index (κ3) is 6.32. The fraction of sp³-hybridized carbons (Fsp3) is 0.567. The van der Waals surface area contributed by atoms with Gasteiger partial charge in [0, 0.05) is 51.1 Å². The molecule has 0 radical (unpaired) electrons. The number of rotatable bonds is 9. The topological polar surface area (TPSA) is 79.4 Å². The maximum absolute atomic E-state index is 13.3. The number of piperidine rings is 1. The highest BCUT2D eigenvalue weighted by Crippen LogP contribution is 2.35. The normalized spacial score (nSPS) is 25.4. The van der Waals surface area contributed by atoms with Crippen LogP contribution < -0.4 is 0 Å². The van der Waals surface area contributed by atoms with E-state index >= 15 is 0 Å². The lowest BCUT2D eigenvalue weighted by Gasteiger charge is -2.40. The zero-order valence-electron chi connectivity index (χ0n) is 23.1.